The maximum atomic E-state index is 11.5. The Hall–Kier alpha value is -1.44. The summed E-state index contributed by atoms with van der Waals surface area (Å²) < 4.78 is 23.0. The molecule has 1 aliphatic heterocycles. The second kappa shape index (κ2) is 6.55. The first kappa shape index (κ1) is 15.9. The highest BCUT2D eigenvalue weighted by Gasteiger charge is 2.30. The van der Waals surface area contributed by atoms with Crippen LogP contribution in [-0.2, 0) is 27.6 Å². The number of nitrogens with two attached hydrogens (primary N) is 1. The van der Waals surface area contributed by atoms with E-state index in [2.05, 4.69) is 10.3 Å². The van der Waals surface area contributed by atoms with E-state index in [1.54, 1.807) is 0 Å². The zero-order chi connectivity index (χ0) is 15.5. The van der Waals surface area contributed by atoms with Gasteiger partial charge in [-0.05, 0) is 24.6 Å². The molecule has 1 saturated heterocycles. The number of rotatable bonds is 5. The average Bonchev–Trinajstić information content (AvgIpc) is 2.81. The topological polar surface area (TPSA) is 92.5 Å². The number of nitrogens with zero attached hydrogens (tertiary/aromatic N) is 1. The van der Waals surface area contributed by atoms with Crippen LogP contribution in [0.25, 0.3) is 0 Å². The monoisotopic (exact) mass is 311 g/mol. The first-order chi connectivity index (χ1) is 9.89. The molecule has 3 N–H and O–H groups in total. The third-order valence-electron chi connectivity index (χ3n) is 3.81. The summed E-state index contributed by atoms with van der Waals surface area (Å²) in [5.74, 6) is 5.36. The summed E-state index contributed by atoms with van der Waals surface area (Å²) in [5.41, 5.74) is 4.09. The van der Waals surface area contributed by atoms with Crippen molar-refractivity contribution in [2.75, 3.05) is 18.6 Å². The van der Waals surface area contributed by atoms with E-state index in [4.69, 9.17) is 5.84 Å². The van der Waals surface area contributed by atoms with E-state index < -0.39 is 9.84 Å². The Morgan fingerprint density at radius 3 is 2.48 bits per heavy atom. The Labute approximate surface area is 125 Å². The number of hydrogen-bond acceptors (Lipinski definition) is 5. The van der Waals surface area contributed by atoms with Crippen molar-refractivity contribution in [3.05, 3.63) is 35.4 Å². The lowest BCUT2D eigenvalue weighted by Gasteiger charge is -2.23. The minimum absolute atomic E-state index is 0.0951. The maximum Gasteiger partial charge on any atom is 0.238 e. The standard InChI is InChI=1S/C14H21N3O3S/c1-17(13-6-7-21(19,20)10-13)9-12-4-2-11(3-5-12)8-14(18)16-15/h2-5,13H,6-10,15H2,1H3,(H,16,18). The zero-order valence-corrected chi connectivity index (χ0v) is 12.9. The molecule has 1 fully saturated rings. The van der Waals surface area contributed by atoms with Crippen LogP contribution in [0.5, 0.6) is 0 Å². The van der Waals surface area contributed by atoms with E-state index in [1.807, 2.05) is 31.3 Å². The summed E-state index contributed by atoms with van der Waals surface area (Å²) in [6.45, 7) is 0.698. The van der Waals surface area contributed by atoms with E-state index >= 15 is 0 Å². The molecule has 1 aliphatic rings. The van der Waals surface area contributed by atoms with Crippen molar-refractivity contribution in [2.24, 2.45) is 5.84 Å². The zero-order valence-electron chi connectivity index (χ0n) is 12.1. The van der Waals surface area contributed by atoms with Crippen LogP contribution in [0.2, 0.25) is 0 Å². The Morgan fingerprint density at radius 1 is 1.33 bits per heavy atom. The van der Waals surface area contributed by atoms with Gasteiger partial charge >= 0.3 is 0 Å². The van der Waals surface area contributed by atoms with E-state index in [9.17, 15) is 13.2 Å². The third-order valence-corrected chi connectivity index (χ3v) is 5.56. The van der Waals surface area contributed by atoms with Gasteiger partial charge in [0.05, 0.1) is 17.9 Å². The maximum absolute atomic E-state index is 11.5. The Morgan fingerprint density at radius 2 is 1.95 bits per heavy atom. The van der Waals surface area contributed by atoms with Crippen molar-refractivity contribution in [2.45, 2.75) is 25.4 Å². The van der Waals surface area contributed by atoms with E-state index in [-0.39, 0.29) is 29.9 Å². The van der Waals surface area contributed by atoms with Gasteiger partial charge in [0.15, 0.2) is 9.84 Å². The Bertz CT molecular complexity index is 598. The number of benzene rings is 1. The molecule has 116 valence electrons. The van der Waals surface area contributed by atoms with Crippen molar-refractivity contribution >= 4 is 15.7 Å². The van der Waals surface area contributed by atoms with Gasteiger partial charge in [-0.15, -0.1) is 0 Å². The lowest BCUT2D eigenvalue weighted by molar-refractivity contribution is -0.120. The fourth-order valence-electron chi connectivity index (χ4n) is 2.54. The van der Waals surface area contributed by atoms with Gasteiger partial charge in [0.1, 0.15) is 0 Å². The van der Waals surface area contributed by atoms with Crippen LogP contribution in [0.15, 0.2) is 24.3 Å². The van der Waals surface area contributed by atoms with E-state index in [0.29, 0.717) is 13.0 Å². The van der Waals surface area contributed by atoms with Crippen LogP contribution >= 0.6 is 0 Å². The molecule has 1 unspecified atom stereocenters. The molecule has 0 aliphatic carbocycles. The van der Waals surface area contributed by atoms with Crippen molar-refractivity contribution in [3.63, 3.8) is 0 Å². The normalized spacial score (nSPS) is 20.6. The molecule has 21 heavy (non-hydrogen) atoms. The quantitative estimate of drug-likeness (QED) is 0.448. The highest BCUT2D eigenvalue weighted by molar-refractivity contribution is 7.91. The average molecular weight is 311 g/mol. The smallest absolute Gasteiger partial charge is 0.238 e. The van der Waals surface area contributed by atoms with Crippen LogP contribution in [0, 0.1) is 0 Å². The predicted molar refractivity (Wildman–Crippen MR) is 81.0 cm³/mol. The number of nitrogens with one attached hydrogen (secondary N) is 1. The summed E-state index contributed by atoms with van der Waals surface area (Å²) in [4.78, 5) is 13.3. The lowest BCUT2D eigenvalue weighted by atomic mass is 10.1. The van der Waals surface area contributed by atoms with Gasteiger partial charge in [0.25, 0.3) is 0 Å². The first-order valence-electron chi connectivity index (χ1n) is 6.87. The van der Waals surface area contributed by atoms with Gasteiger partial charge in [-0.25, -0.2) is 14.3 Å². The molecule has 0 radical (unpaired) electrons. The lowest BCUT2D eigenvalue weighted by Crippen LogP contribution is -2.32. The van der Waals surface area contributed by atoms with Gasteiger partial charge in [0, 0.05) is 12.6 Å². The summed E-state index contributed by atoms with van der Waals surface area (Å²) in [5, 5.41) is 0. The predicted octanol–water partition coefficient (Wildman–Crippen LogP) is -0.162. The summed E-state index contributed by atoms with van der Waals surface area (Å²) >= 11 is 0. The number of hydrazine groups is 1. The van der Waals surface area contributed by atoms with Crippen molar-refractivity contribution < 1.29 is 13.2 Å². The minimum Gasteiger partial charge on any atom is -0.298 e. The van der Waals surface area contributed by atoms with Crippen molar-refractivity contribution in [1.82, 2.24) is 10.3 Å². The van der Waals surface area contributed by atoms with Gasteiger partial charge < -0.3 is 0 Å². The minimum atomic E-state index is -2.85. The van der Waals surface area contributed by atoms with Crippen LogP contribution in [0.4, 0.5) is 0 Å². The Kier molecular flexibility index (Phi) is 4.97. The van der Waals surface area contributed by atoms with Crippen molar-refractivity contribution in [1.29, 1.82) is 0 Å². The second-order valence-electron chi connectivity index (χ2n) is 5.53. The number of amides is 1. The van der Waals surface area contributed by atoms with Crippen LogP contribution in [0.1, 0.15) is 17.5 Å². The third kappa shape index (κ3) is 4.52. The summed E-state index contributed by atoms with van der Waals surface area (Å²) in [6, 6.07) is 7.80. The van der Waals surface area contributed by atoms with Crippen molar-refractivity contribution in [3.8, 4) is 0 Å². The van der Waals surface area contributed by atoms with Crippen LogP contribution in [0.3, 0.4) is 0 Å². The molecular weight excluding hydrogens is 290 g/mol. The van der Waals surface area contributed by atoms with Gasteiger partial charge in [0.2, 0.25) is 5.91 Å². The van der Waals surface area contributed by atoms with E-state index in [1.165, 1.54) is 0 Å². The number of hydrogen-bond donors (Lipinski definition) is 2. The molecule has 0 bridgehead atoms. The summed E-state index contributed by atoms with van der Waals surface area (Å²) in [6.07, 6.45) is 0.959. The number of carbonyl (C=O) groups excluding carboxylic acids is 1. The molecule has 1 heterocycles. The molecule has 0 saturated carbocycles. The Balaban J connectivity index is 1.92. The molecule has 0 aromatic heterocycles. The highest BCUT2D eigenvalue weighted by Crippen LogP contribution is 2.18. The first-order valence-corrected chi connectivity index (χ1v) is 8.70. The van der Waals surface area contributed by atoms with E-state index in [0.717, 1.165) is 11.1 Å². The summed E-state index contributed by atoms with van der Waals surface area (Å²) in [7, 11) is -0.908. The molecule has 2 rings (SSSR count). The molecule has 1 amide bonds. The number of carbonyl (C=O) groups is 1. The molecule has 6 nitrogen and oxygen atoms in total. The SMILES string of the molecule is CN(Cc1ccc(CC(=O)NN)cc1)C1CCS(=O)(=O)C1. The van der Waals surface area contributed by atoms with Crippen LogP contribution < -0.4 is 11.3 Å². The second-order valence-corrected chi connectivity index (χ2v) is 7.76. The fourth-order valence-corrected chi connectivity index (χ4v) is 4.34. The molecule has 0 spiro atoms. The molecular formula is C14H21N3O3S. The highest BCUT2D eigenvalue weighted by atomic mass is 32.2. The van der Waals surface area contributed by atoms with Gasteiger partial charge in [-0.3, -0.25) is 15.1 Å². The fraction of sp³-hybridized carbons (Fsp3) is 0.500. The molecule has 7 heteroatoms. The van der Waals surface area contributed by atoms with Crippen LogP contribution in [-0.4, -0.2) is 43.8 Å². The number of sulfone groups is 1. The van der Waals surface area contributed by atoms with Gasteiger partial charge in [-0.1, -0.05) is 24.3 Å². The van der Waals surface area contributed by atoms with Gasteiger partial charge in [-0.2, -0.15) is 0 Å². The largest absolute Gasteiger partial charge is 0.298 e. The molecule has 1 atom stereocenters. The molecule has 1 aromatic carbocycles. The molecule has 1 aromatic rings.